The molecule has 0 aliphatic heterocycles. The molecule has 5 nitrogen and oxygen atoms in total. The van der Waals surface area contributed by atoms with Gasteiger partial charge in [-0.2, -0.15) is 0 Å². The minimum Gasteiger partial charge on any atom is -0.477 e. The zero-order valence-electron chi connectivity index (χ0n) is 7.63. The highest BCUT2D eigenvalue weighted by molar-refractivity contribution is 7.89. The predicted octanol–water partition coefficient (Wildman–Crippen LogP) is 0.911. The van der Waals surface area contributed by atoms with Gasteiger partial charge in [-0.1, -0.05) is 6.08 Å². The van der Waals surface area contributed by atoms with Gasteiger partial charge in [-0.3, -0.25) is 0 Å². The van der Waals surface area contributed by atoms with Crippen molar-refractivity contribution < 1.29 is 18.3 Å². The molecule has 0 aliphatic carbocycles. The second-order valence-electron chi connectivity index (χ2n) is 2.59. The van der Waals surface area contributed by atoms with Crippen molar-refractivity contribution in [1.82, 2.24) is 4.72 Å². The van der Waals surface area contributed by atoms with Crippen LogP contribution in [0.4, 0.5) is 0 Å². The number of aromatic carboxylic acids is 1. The second kappa shape index (κ2) is 4.56. The zero-order chi connectivity index (χ0) is 11.5. The molecule has 0 saturated heterocycles. The van der Waals surface area contributed by atoms with Gasteiger partial charge in [-0.15, -0.1) is 17.9 Å². The normalized spacial score (nSPS) is 11.2. The molecule has 0 aromatic carbocycles. The van der Waals surface area contributed by atoms with Crippen LogP contribution in [-0.4, -0.2) is 26.0 Å². The van der Waals surface area contributed by atoms with Gasteiger partial charge in [0.1, 0.15) is 4.88 Å². The van der Waals surface area contributed by atoms with Crippen LogP contribution in [0.5, 0.6) is 0 Å². The number of hydrogen-bond donors (Lipinski definition) is 2. The minimum atomic E-state index is -3.61. The number of carboxylic acids is 1. The Morgan fingerprint density at radius 2 is 2.33 bits per heavy atom. The standard InChI is InChI=1S/C8H9NO4S2/c1-2-3-9-15(12,13)6-4-7(8(10)11)14-5-6/h2,4-5,9H,1,3H2,(H,10,11). The average molecular weight is 247 g/mol. The molecule has 0 radical (unpaired) electrons. The Bertz CT molecular complexity index is 475. The van der Waals surface area contributed by atoms with Crippen molar-refractivity contribution in [2.45, 2.75) is 4.90 Å². The van der Waals surface area contributed by atoms with E-state index in [9.17, 15) is 13.2 Å². The Morgan fingerprint density at radius 3 is 2.80 bits per heavy atom. The smallest absolute Gasteiger partial charge is 0.345 e. The molecule has 0 amide bonds. The first kappa shape index (κ1) is 11.9. The van der Waals surface area contributed by atoms with Crippen LogP contribution in [0.25, 0.3) is 0 Å². The SMILES string of the molecule is C=CCNS(=O)(=O)c1csc(C(=O)O)c1. The fraction of sp³-hybridized carbons (Fsp3) is 0.125. The molecule has 0 spiro atoms. The molecular weight excluding hydrogens is 238 g/mol. The Balaban J connectivity index is 2.95. The number of thiophene rings is 1. The Kier molecular flexibility index (Phi) is 3.61. The van der Waals surface area contributed by atoms with Crippen LogP contribution in [0.1, 0.15) is 9.67 Å². The van der Waals surface area contributed by atoms with Gasteiger partial charge in [-0.25, -0.2) is 17.9 Å². The maximum absolute atomic E-state index is 11.5. The Morgan fingerprint density at radius 1 is 1.67 bits per heavy atom. The van der Waals surface area contributed by atoms with Crippen LogP contribution < -0.4 is 4.72 Å². The summed E-state index contributed by atoms with van der Waals surface area (Å²) in [4.78, 5) is 10.5. The topological polar surface area (TPSA) is 83.5 Å². The summed E-state index contributed by atoms with van der Waals surface area (Å²) in [5.41, 5.74) is 0. The molecule has 0 saturated carbocycles. The number of carbonyl (C=O) groups is 1. The van der Waals surface area contributed by atoms with Gasteiger partial charge in [-0.05, 0) is 6.07 Å². The summed E-state index contributed by atoms with van der Waals surface area (Å²) < 4.78 is 25.2. The van der Waals surface area contributed by atoms with E-state index in [2.05, 4.69) is 11.3 Å². The summed E-state index contributed by atoms with van der Waals surface area (Å²) in [5, 5.41) is 9.91. The Labute approximate surface area is 91.1 Å². The fourth-order valence-electron chi connectivity index (χ4n) is 0.824. The van der Waals surface area contributed by atoms with Gasteiger partial charge < -0.3 is 5.11 Å². The molecule has 0 atom stereocenters. The summed E-state index contributed by atoms with van der Waals surface area (Å²) in [5.74, 6) is -1.13. The van der Waals surface area contributed by atoms with E-state index in [0.717, 1.165) is 17.4 Å². The largest absolute Gasteiger partial charge is 0.477 e. The lowest BCUT2D eigenvalue weighted by molar-refractivity contribution is 0.0702. The van der Waals surface area contributed by atoms with Crippen molar-refractivity contribution in [3.8, 4) is 0 Å². The predicted molar refractivity (Wildman–Crippen MR) is 56.7 cm³/mol. The van der Waals surface area contributed by atoms with Crippen LogP contribution >= 0.6 is 11.3 Å². The lowest BCUT2D eigenvalue weighted by atomic mass is 10.5. The van der Waals surface area contributed by atoms with Crippen molar-refractivity contribution in [2.24, 2.45) is 0 Å². The zero-order valence-corrected chi connectivity index (χ0v) is 9.27. The molecule has 0 aliphatic rings. The molecule has 0 fully saturated rings. The number of nitrogens with one attached hydrogen (secondary N) is 1. The summed E-state index contributed by atoms with van der Waals surface area (Å²) in [7, 11) is -3.61. The van der Waals surface area contributed by atoms with Crippen molar-refractivity contribution in [3.63, 3.8) is 0 Å². The van der Waals surface area contributed by atoms with E-state index in [1.54, 1.807) is 0 Å². The first-order chi connectivity index (χ1) is 6.97. The maximum Gasteiger partial charge on any atom is 0.345 e. The molecule has 1 heterocycles. The average Bonchev–Trinajstić information content (AvgIpc) is 2.64. The van der Waals surface area contributed by atoms with E-state index in [1.807, 2.05) is 0 Å². The highest BCUT2D eigenvalue weighted by atomic mass is 32.2. The van der Waals surface area contributed by atoms with Gasteiger partial charge in [0.2, 0.25) is 10.0 Å². The molecule has 0 unspecified atom stereocenters. The summed E-state index contributed by atoms with van der Waals surface area (Å²) in [6.07, 6.45) is 1.40. The molecule has 2 N–H and O–H groups in total. The van der Waals surface area contributed by atoms with E-state index < -0.39 is 16.0 Å². The molecule has 7 heteroatoms. The van der Waals surface area contributed by atoms with Gasteiger partial charge in [0.25, 0.3) is 0 Å². The van der Waals surface area contributed by atoms with Crippen molar-refractivity contribution >= 4 is 27.3 Å². The molecule has 82 valence electrons. The monoisotopic (exact) mass is 247 g/mol. The van der Waals surface area contributed by atoms with Gasteiger partial charge >= 0.3 is 5.97 Å². The molecule has 1 rings (SSSR count). The maximum atomic E-state index is 11.5. The van der Waals surface area contributed by atoms with E-state index >= 15 is 0 Å². The highest BCUT2D eigenvalue weighted by Crippen LogP contribution is 2.18. The molecule has 1 aromatic heterocycles. The minimum absolute atomic E-state index is 0.00558. The fourth-order valence-corrected chi connectivity index (χ4v) is 2.93. The summed E-state index contributed by atoms with van der Waals surface area (Å²) in [6.45, 7) is 3.48. The highest BCUT2D eigenvalue weighted by Gasteiger charge is 2.17. The third kappa shape index (κ3) is 2.88. The van der Waals surface area contributed by atoms with Gasteiger partial charge in [0.05, 0.1) is 4.90 Å². The molecule has 15 heavy (non-hydrogen) atoms. The number of carboxylic acid groups (broad SMARTS) is 1. The first-order valence-electron chi connectivity index (χ1n) is 3.90. The lowest BCUT2D eigenvalue weighted by Crippen LogP contribution is -2.23. The van der Waals surface area contributed by atoms with Crippen molar-refractivity contribution in [1.29, 1.82) is 0 Å². The van der Waals surface area contributed by atoms with Crippen LogP contribution in [-0.2, 0) is 10.0 Å². The first-order valence-corrected chi connectivity index (χ1v) is 6.26. The van der Waals surface area contributed by atoms with Crippen molar-refractivity contribution in [3.05, 3.63) is 29.0 Å². The Hall–Kier alpha value is -1.18. The molecular formula is C8H9NO4S2. The third-order valence-corrected chi connectivity index (χ3v) is 3.98. The van der Waals surface area contributed by atoms with Crippen LogP contribution in [0.15, 0.2) is 29.0 Å². The van der Waals surface area contributed by atoms with Gasteiger partial charge in [0, 0.05) is 11.9 Å². The van der Waals surface area contributed by atoms with Gasteiger partial charge in [0.15, 0.2) is 0 Å². The van der Waals surface area contributed by atoms with Crippen LogP contribution in [0.3, 0.4) is 0 Å². The van der Waals surface area contributed by atoms with E-state index in [4.69, 9.17) is 5.11 Å². The van der Waals surface area contributed by atoms with E-state index in [-0.39, 0.29) is 16.3 Å². The molecule has 0 bridgehead atoms. The quantitative estimate of drug-likeness (QED) is 0.757. The third-order valence-electron chi connectivity index (χ3n) is 1.51. The number of hydrogen-bond acceptors (Lipinski definition) is 4. The van der Waals surface area contributed by atoms with E-state index in [0.29, 0.717) is 0 Å². The summed E-state index contributed by atoms with van der Waals surface area (Å²) >= 11 is 0.873. The van der Waals surface area contributed by atoms with Crippen LogP contribution in [0.2, 0.25) is 0 Å². The number of sulfonamides is 1. The summed E-state index contributed by atoms with van der Waals surface area (Å²) in [6, 6.07) is 1.12. The lowest BCUT2D eigenvalue weighted by Gasteiger charge is -2.00. The van der Waals surface area contributed by atoms with Crippen molar-refractivity contribution in [2.75, 3.05) is 6.54 Å². The van der Waals surface area contributed by atoms with Crippen LogP contribution in [0, 0.1) is 0 Å². The second-order valence-corrected chi connectivity index (χ2v) is 5.27. The van der Waals surface area contributed by atoms with E-state index in [1.165, 1.54) is 11.5 Å². The number of rotatable bonds is 5. The molecule has 1 aromatic rings.